The van der Waals surface area contributed by atoms with Gasteiger partial charge in [0.05, 0.1) is 12.0 Å². The topological polar surface area (TPSA) is 46.6 Å². The van der Waals surface area contributed by atoms with Gasteiger partial charge < -0.3 is 4.74 Å². The molecule has 1 aromatic carbocycles. The van der Waals surface area contributed by atoms with Gasteiger partial charge in [0.1, 0.15) is 5.60 Å². The Morgan fingerprint density at radius 2 is 1.86 bits per heavy atom. The van der Waals surface area contributed by atoms with Crippen LogP contribution in [0.2, 0.25) is 0 Å². The van der Waals surface area contributed by atoms with Crippen molar-refractivity contribution in [2.75, 3.05) is 13.1 Å². The number of carbonyl (C=O) groups is 2. The fraction of sp³-hybridized carbons (Fsp3) is 0.556. The number of nitrogens with zero attached hydrogens (tertiary/aromatic N) is 1. The maximum absolute atomic E-state index is 12.9. The number of ketones is 1. The normalized spacial score (nSPS) is 30.3. The molecule has 22 heavy (non-hydrogen) atoms. The van der Waals surface area contributed by atoms with Gasteiger partial charge >= 0.3 is 5.97 Å². The number of carbonyl (C=O) groups excluding carboxylic acids is 2. The first-order valence-electron chi connectivity index (χ1n) is 7.93. The summed E-state index contributed by atoms with van der Waals surface area (Å²) in [6, 6.07) is 8.89. The van der Waals surface area contributed by atoms with Crippen molar-refractivity contribution in [3.63, 3.8) is 0 Å². The summed E-state index contributed by atoms with van der Waals surface area (Å²) in [5.74, 6) is -0.277. The van der Waals surface area contributed by atoms with Gasteiger partial charge in [-0.2, -0.15) is 0 Å². The van der Waals surface area contributed by atoms with Gasteiger partial charge in [-0.3, -0.25) is 14.5 Å². The molecule has 4 nitrogen and oxygen atoms in total. The molecule has 4 heteroatoms. The zero-order valence-electron chi connectivity index (χ0n) is 13.4. The second-order valence-electron chi connectivity index (χ2n) is 7.28. The molecule has 0 aliphatic carbocycles. The van der Waals surface area contributed by atoms with E-state index in [1.165, 1.54) is 0 Å². The summed E-state index contributed by atoms with van der Waals surface area (Å²) >= 11 is 0. The highest BCUT2D eigenvalue weighted by Crippen LogP contribution is 2.40. The minimum atomic E-state index is -0.519. The predicted molar refractivity (Wildman–Crippen MR) is 83.6 cm³/mol. The predicted octanol–water partition coefficient (Wildman–Crippen LogP) is 2.53. The second-order valence-corrected chi connectivity index (χ2v) is 7.28. The Balaban J connectivity index is 1.85. The Labute approximate surface area is 131 Å². The highest BCUT2D eigenvalue weighted by Gasteiger charge is 2.53. The number of hydrogen-bond acceptors (Lipinski definition) is 4. The van der Waals surface area contributed by atoms with Gasteiger partial charge in [-0.05, 0) is 39.7 Å². The van der Waals surface area contributed by atoms with Crippen molar-refractivity contribution < 1.29 is 14.3 Å². The molecule has 118 valence electrons. The van der Waals surface area contributed by atoms with Crippen LogP contribution in [-0.2, 0) is 9.53 Å². The van der Waals surface area contributed by atoms with E-state index in [9.17, 15) is 9.59 Å². The number of Topliss-reactive ketones (excluding diaryl/α,β-unsaturated/α-hetero) is 1. The first-order chi connectivity index (χ1) is 10.4. The number of piperidine rings is 1. The van der Waals surface area contributed by atoms with E-state index < -0.39 is 5.60 Å². The van der Waals surface area contributed by atoms with E-state index in [4.69, 9.17) is 4.74 Å². The van der Waals surface area contributed by atoms with Crippen molar-refractivity contribution in [2.45, 2.75) is 38.8 Å². The van der Waals surface area contributed by atoms with E-state index in [-0.39, 0.29) is 29.6 Å². The van der Waals surface area contributed by atoms with Crippen LogP contribution in [0.4, 0.5) is 0 Å². The number of rotatable bonds is 3. The lowest BCUT2D eigenvalue weighted by Crippen LogP contribution is -2.47. The lowest BCUT2D eigenvalue weighted by atomic mass is 9.83. The lowest BCUT2D eigenvalue weighted by Gasteiger charge is -2.32. The average Bonchev–Trinajstić information content (AvgIpc) is 3.06. The Morgan fingerprint density at radius 3 is 2.50 bits per heavy atom. The molecule has 0 saturated carbocycles. The Kier molecular flexibility index (Phi) is 3.81. The molecule has 0 spiro atoms. The van der Waals surface area contributed by atoms with Crippen LogP contribution in [0.3, 0.4) is 0 Å². The summed E-state index contributed by atoms with van der Waals surface area (Å²) in [6.45, 7) is 7.33. The highest BCUT2D eigenvalue weighted by molar-refractivity contribution is 6.03. The van der Waals surface area contributed by atoms with Gasteiger partial charge in [-0.1, -0.05) is 30.3 Å². The summed E-state index contributed by atoms with van der Waals surface area (Å²) in [4.78, 5) is 27.6. The molecule has 0 aromatic heterocycles. The first-order valence-corrected chi connectivity index (χ1v) is 7.93. The van der Waals surface area contributed by atoms with Crippen LogP contribution in [-0.4, -0.2) is 41.4 Å². The van der Waals surface area contributed by atoms with Crippen molar-refractivity contribution in [1.29, 1.82) is 0 Å². The molecule has 0 radical (unpaired) electrons. The van der Waals surface area contributed by atoms with Crippen LogP contribution in [0.5, 0.6) is 0 Å². The molecule has 2 heterocycles. The molecule has 2 aliphatic heterocycles. The molecule has 2 saturated heterocycles. The van der Waals surface area contributed by atoms with E-state index in [0.717, 1.165) is 19.5 Å². The molecule has 2 aliphatic rings. The number of ether oxygens (including phenoxy) is 1. The molecule has 4 atom stereocenters. The minimum Gasteiger partial charge on any atom is -0.460 e. The summed E-state index contributed by atoms with van der Waals surface area (Å²) in [5, 5.41) is 0. The van der Waals surface area contributed by atoms with Gasteiger partial charge in [0.25, 0.3) is 0 Å². The summed E-state index contributed by atoms with van der Waals surface area (Å²) in [7, 11) is 0. The molecule has 2 fully saturated rings. The maximum atomic E-state index is 12.9. The van der Waals surface area contributed by atoms with Crippen LogP contribution in [0, 0.1) is 11.8 Å². The van der Waals surface area contributed by atoms with Gasteiger partial charge in [0.15, 0.2) is 5.78 Å². The first kappa shape index (κ1) is 15.2. The number of hydrogen-bond donors (Lipinski definition) is 0. The average molecular weight is 301 g/mol. The molecule has 0 N–H and O–H groups in total. The van der Waals surface area contributed by atoms with E-state index in [0.29, 0.717) is 5.56 Å². The summed E-state index contributed by atoms with van der Waals surface area (Å²) < 4.78 is 5.57. The summed E-state index contributed by atoms with van der Waals surface area (Å²) in [6.07, 6.45) is 0.975. The molecule has 4 unspecified atom stereocenters. The zero-order valence-corrected chi connectivity index (χ0v) is 13.4. The van der Waals surface area contributed by atoms with Crippen molar-refractivity contribution in [3.05, 3.63) is 35.9 Å². The third-order valence-electron chi connectivity index (χ3n) is 4.50. The monoisotopic (exact) mass is 301 g/mol. The van der Waals surface area contributed by atoms with Gasteiger partial charge in [0, 0.05) is 12.1 Å². The van der Waals surface area contributed by atoms with Crippen molar-refractivity contribution >= 4 is 11.8 Å². The third-order valence-corrected chi connectivity index (χ3v) is 4.50. The van der Waals surface area contributed by atoms with Gasteiger partial charge in [0.2, 0.25) is 0 Å². The standard InChI is InChI=1S/C18H23NO3/c1-18(2,3)22-17(21)14-13-9-10-19(11-13)15(14)16(20)12-7-5-4-6-8-12/h4-8,13-15H,9-11H2,1-3H3. The van der Waals surface area contributed by atoms with E-state index >= 15 is 0 Å². The zero-order chi connectivity index (χ0) is 15.9. The van der Waals surface area contributed by atoms with Crippen molar-refractivity contribution in [1.82, 2.24) is 4.90 Å². The maximum Gasteiger partial charge on any atom is 0.311 e. The Bertz CT molecular complexity index is 576. The van der Waals surface area contributed by atoms with Crippen LogP contribution >= 0.6 is 0 Å². The van der Waals surface area contributed by atoms with Gasteiger partial charge in [-0.25, -0.2) is 0 Å². The molecular formula is C18H23NO3. The van der Waals surface area contributed by atoms with Crippen molar-refractivity contribution in [3.8, 4) is 0 Å². The smallest absolute Gasteiger partial charge is 0.311 e. The molecule has 0 amide bonds. The second kappa shape index (κ2) is 5.51. The molecule has 1 aromatic rings. The number of benzene rings is 1. The van der Waals surface area contributed by atoms with E-state index in [2.05, 4.69) is 4.90 Å². The Hall–Kier alpha value is -1.68. The van der Waals surface area contributed by atoms with Crippen LogP contribution in [0.25, 0.3) is 0 Å². The molecule has 2 bridgehead atoms. The number of esters is 1. The number of fused-ring (bicyclic) bond motifs is 2. The fourth-order valence-corrected chi connectivity index (χ4v) is 3.64. The third kappa shape index (κ3) is 2.80. The summed E-state index contributed by atoms with van der Waals surface area (Å²) in [5.41, 5.74) is 0.155. The SMILES string of the molecule is CC(C)(C)OC(=O)C1C2CCN(C2)C1C(=O)c1ccccc1. The van der Waals surface area contributed by atoms with E-state index in [1.807, 2.05) is 51.1 Å². The highest BCUT2D eigenvalue weighted by atomic mass is 16.6. The minimum absolute atomic E-state index is 0.0404. The largest absolute Gasteiger partial charge is 0.460 e. The van der Waals surface area contributed by atoms with E-state index in [1.54, 1.807) is 0 Å². The van der Waals surface area contributed by atoms with Crippen LogP contribution in [0.15, 0.2) is 30.3 Å². The van der Waals surface area contributed by atoms with Crippen molar-refractivity contribution in [2.24, 2.45) is 11.8 Å². The van der Waals surface area contributed by atoms with Crippen LogP contribution < -0.4 is 0 Å². The molecule has 3 rings (SSSR count). The molecular weight excluding hydrogens is 278 g/mol. The quantitative estimate of drug-likeness (QED) is 0.636. The fourth-order valence-electron chi connectivity index (χ4n) is 3.64. The van der Waals surface area contributed by atoms with Gasteiger partial charge in [-0.15, -0.1) is 0 Å². The van der Waals surface area contributed by atoms with Crippen LogP contribution in [0.1, 0.15) is 37.6 Å². The Morgan fingerprint density at radius 1 is 1.18 bits per heavy atom. The lowest BCUT2D eigenvalue weighted by molar-refractivity contribution is -0.162.